The van der Waals surface area contributed by atoms with Crippen LogP contribution in [0.25, 0.3) is 0 Å². The molecular formula is C11H14N4O2. The predicted molar refractivity (Wildman–Crippen MR) is 60.1 cm³/mol. The average molecular weight is 234 g/mol. The summed E-state index contributed by atoms with van der Waals surface area (Å²) in [5.74, 6) is -0.00777. The van der Waals surface area contributed by atoms with Crippen molar-refractivity contribution >= 4 is 5.82 Å². The Morgan fingerprint density at radius 3 is 3.12 bits per heavy atom. The van der Waals surface area contributed by atoms with E-state index in [4.69, 9.17) is 14.7 Å². The van der Waals surface area contributed by atoms with Crippen molar-refractivity contribution in [3.63, 3.8) is 0 Å². The van der Waals surface area contributed by atoms with Crippen LogP contribution in [-0.2, 0) is 9.47 Å². The van der Waals surface area contributed by atoms with E-state index in [0.29, 0.717) is 24.5 Å². The minimum Gasteiger partial charge on any atom is -0.366 e. The lowest BCUT2D eigenvalue weighted by Gasteiger charge is -2.17. The molecule has 0 saturated carbocycles. The standard InChI is InChI=1S/C11H14N4O2/c1-11(2)16-6-9(17-11)5-14-10-8(3-12)4-13-7-15-10/h4,7,9H,5-6H2,1-2H3,(H,13,14,15). The summed E-state index contributed by atoms with van der Waals surface area (Å²) in [5, 5.41) is 11.9. The molecule has 1 N–H and O–H groups in total. The fourth-order valence-electron chi connectivity index (χ4n) is 1.63. The number of nitriles is 1. The zero-order valence-corrected chi connectivity index (χ0v) is 9.80. The van der Waals surface area contributed by atoms with Crippen LogP contribution < -0.4 is 5.32 Å². The van der Waals surface area contributed by atoms with Gasteiger partial charge in [-0.15, -0.1) is 0 Å². The van der Waals surface area contributed by atoms with Crippen molar-refractivity contribution in [2.24, 2.45) is 0 Å². The van der Waals surface area contributed by atoms with Crippen LogP contribution in [0.3, 0.4) is 0 Å². The third kappa shape index (κ3) is 2.90. The number of ether oxygens (including phenoxy) is 2. The van der Waals surface area contributed by atoms with Crippen molar-refractivity contribution in [3.8, 4) is 6.07 Å². The Balaban J connectivity index is 1.93. The van der Waals surface area contributed by atoms with Crippen LogP contribution in [0.15, 0.2) is 12.5 Å². The molecule has 1 fully saturated rings. The largest absolute Gasteiger partial charge is 0.366 e. The summed E-state index contributed by atoms with van der Waals surface area (Å²) in [5.41, 5.74) is 0.422. The molecule has 0 aromatic carbocycles. The molecule has 0 radical (unpaired) electrons. The first-order valence-corrected chi connectivity index (χ1v) is 5.36. The summed E-state index contributed by atoms with van der Waals surface area (Å²) in [6.07, 6.45) is 2.84. The van der Waals surface area contributed by atoms with Gasteiger partial charge in [0.15, 0.2) is 5.79 Å². The Labute approximate surface area is 99.6 Å². The van der Waals surface area contributed by atoms with Gasteiger partial charge in [-0.2, -0.15) is 5.26 Å². The fourth-order valence-corrected chi connectivity index (χ4v) is 1.63. The maximum atomic E-state index is 8.87. The smallest absolute Gasteiger partial charge is 0.163 e. The molecule has 1 atom stereocenters. The molecule has 2 rings (SSSR count). The van der Waals surface area contributed by atoms with Crippen molar-refractivity contribution in [2.45, 2.75) is 25.7 Å². The molecular weight excluding hydrogens is 220 g/mol. The zero-order chi connectivity index (χ0) is 12.3. The van der Waals surface area contributed by atoms with Crippen LogP contribution >= 0.6 is 0 Å². The fraction of sp³-hybridized carbons (Fsp3) is 0.545. The maximum absolute atomic E-state index is 8.87. The summed E-state index contributed by atoms with van der Waals surface area (Å²) in [6, 6.07) is 2.03. The Morgan fingerprint density at radius 1 is 1.65 bits per heavy atom. The number of nitrogens with one attached hydrogen (secondary N) is 1. The van der Waals surface area contributed by atoms with Crippen LogP contribution in [0.4, 0.5) is 5.82 Å². The monoisotopic (exact) mass is 234 g/mol. The number of nitrogens with zero attached hydrogens (tertiary/aromatic N) is 3. The lowest BCUT2D eigenvalue weighted by atomic mass is 10.3. The second-order valence-electron chi connectivity index (χ2n) is 4.23. The zero-order valence-electron chi connectivity index (χ0n) is 9.80. The topological polar surface area (TPSA) is 80.1 Å². The Hall–Kier alpha value is -1.71. The molecule has 1 aliphatic heterocycles. The van der Waals surface area contributed by atoms with E-state index < -0.39 is 5.79 Å². The first kappa shape index (κ1) is 11.8. The summed E-state index contributed by atoms with van der Waals surface area (Å²) in [6.45, 7) is 4.83. The molecule has 0 spiro atoms. The van der Waals surface area contributed by atoms with Crippen LogP contribution in [-0.4, -0.2) is 35.0 Å². The number of aromatic nitrogens is 2. The van der Waals surface area contributed by atoms with E-state index in [-0.39, 0.29) is 6.10 Å². The minimum absolute atomic E-state index is 0.0356. The van der Waals surface area contributed by atoms with E-state index in [2.05, 4.69) is 15.3 Å². The third-order valence-corrected chi connectivity index (χ3v) is 2.40. The van der Waals surface area contributed by atoms with Crippen LogP contribution in [0.1, 0.15) is 19.4 Å². The van der Waals surface area contributed by atoms with Gasteiger partial charge in [-0.1, -0.05) is 0 Å². The van der Waals surface area contributed by atoms with E-state index in [1.807, 2.05) is 19.9 Å². The molecule has 0 bridgehead atoms. The molecule has 6 heteroatoms. The van der Waals surface area contributed by atoms with Crippen molar-refractivity contribution in [1.82, 2.24) is 9.97 Å². The van der Waals surface area contributed by atoms with Gasteiger partial charge in [-0.3, -0.25) is 0 Å². The van der Waals surface area contributed by atoms with Crippen molar-refractivity contribution < 1.29 is 9.47 Å². The van der Waals surface area contributed by atoms with Gasteiger partial charge >= 0.3 is 0 Å². The van der Waals surface area contributed by atoms with Gasteiger partial charge in [0.1, 0.15) is 29.9 Å². The van der Waals surface area contributed by atoms with Crippen molar-refractivity contribution in [1.29, 1.82) is 5.26 Å². The normalized spacial score (nSPS) is 22.1. The summed E-state index contributed by atoms with van der Waals surface area (Å²) in [4.78, 5) is 7.80. The molecule has 2 heterocycles. The van der Waals surface area contributed by atoms with E-state index in [9.17, 15) is 0 Å². The first-order chi connectivity index (χ1) is 8.11. The maximum Gasteiger partial charge on any atom is 0.163 e. The molecule has 1 aliphatic rings. The van der Waals surface area contributed by atoms with Crippen molar-refractivity contribution in [2.75, 3.05) is 18.5 Å². The highest BCUT2D eigenvalue weighted by Gasteiger charge is 2.32. The quantitative estimate of drug-likeness (QED) is 0.837. The second kappa shape index (κ2) is 4.65. The number of rotatable bonds is 3. The van der Waals surface area contributed by atoms with E-state index in [0.717, 1.165) is 0 Å². The Kier molecular flexibility index (Phi) is 3.22. The average Bonchev–Trinajstić information content (AvgIpc) is 2.67. The number of hydrogen-bond acceptors (Lipinski definition) is 6. The van der Waals surface area contributed by atoms with Gasteiger partial charge in [0.05, 0.1) is 12.8 Å². The second-order valence-corrected chi connectivity index (χ2v) is 4.23. The van der Waals surface area contributed by atoms with Gasteiger partial charge in [0.25, 0.3) is 0 Å². The molecule has 1 aromatic rings. The number of anilines is 1. The first-order valence-electron chi connectivity index (χ1n) is 5.36. The summed E-state index contributed by atoms with van der Waals surface area (Å²) >= 11 is 0. The van der Waals surface area contributed by atoms with E-state index in [1.165, 1.54) is 12.5 Å². The third-order valence-electron chi connectivity index (χ3n) is 2.40. The SMILES string of the molecule is CC1(C)OCC(CNc2ncncc2C#N)O1. The molecule has 6 nitrogen and oxygen atoms in total. The Bertz CT molecular complexity index is 441. The molecule has 1 aromatic heterocycles. The summed E-state index contributed by atoms with van der Waals surface area (Å²) < 4.78 is 11.1. The highest BCUT2D eigenvalue weighted by Crippen LogP contribution is 2.22. The van der Waals surface area contributed by atoms with Gasteiger partial charge in [0.2, 0.25) is 0 Å². The highest BCUT2D eigenvalue weighted by atomic mass is 16.7. The Morgan fingerprint density at radius 2 is 2.47 bits per heavy atom. The van der Waals surface area contributed by atoms with Gasteiger partial charge < -0.3 is 14.8 Å². The number of hydrogen-bond donors (Lipinski definition) is 1. The lowest BCUT2D eigenvalue weighted by molar-refractivity contribution is -0.136. The minimum atomic E-state index is -0.532. The van der Waals surface area contributed by atoms with E-state index >= 15 is 0 Å². The van der Waals surface area contributed by atoms with Gasteiger partial charge in [-0.05, 0) is 13.8 Å². The molecule has 0 aliphatic carbocycles. The van der Waals surface area contributed by atoms with Crippen molar-refractivity contribution in [3.05, 3.63) is 18.1 Å². The molecule has 0 amide bonds. The highest BCUT2D eigenvalue weighted by molar-refractivity contribution is 5.49. The van der Waals surface area contributed by atoms with Crippen LogP contribution in [0.5, 0.6) is 0 Å². The van der Waals surface area contributed by atoms with Gasteiger partial charge in [0, 0.05) is 6.54 Å². The molecule has 1 unspecified atom stereocenters. The molecule has 90 valence electrons. The summed E-state index contributed by atoms with van der Waals surface area (Å²) in [7, 11) is 0. The molecule has 17 heavy (non-hydrogen) atoms. The molecule has 1 saturated heterocycles. The van der Waals surface area contributed by atoms with Crippen LogP contribution in [0.2, 0.25) is 0 Å². The van der Waals surface area contributed by atoms with Gasteiger partial charge in [-0.25, -0.2) is 9.97 Å². The van der Waals surface area contributed by atoms with Crippen LogP contribution in [0, 0.1) is 11.3 Å². The predicted octanol–water partition coefficient (Wildman–Crippen LogP) is 0.912. The lowest BCUT2D eigenvalue weighted by Crippen LogP contribution is -2.26. The van der Waals surface area contributed by atoms with E-state index in [1.54, 1.807) is 0 Å².